The van der Waals surface area contributed by atoms with E-state index in [0.29, 0.717) is 18.4 Å². The molecule has 0 atom stereocenters. The van der Waals surface area contributed by atoms with Gasteiger partial charge in [0.2, 0.25) is 6.08 Å². The number of benzene rings is 1. The van der Waals surface area contributed by atoms with Crippen LogP contribution < -0.4 is 0 Å². The van der Waals surface area contributed by atoms with E-state index in [1.807, 2.05) is 0 Å². The summed E-state index contributed by atoms with van der Waals surface area (Å²) in [6, 6.07) is 3.45. The lowest BCUT2D eigenvalue weighted by Gasteiger charge is -2.09. The van der Waals surface area contributed by atoms with Gasteiger partial charge in [0.25, 0.3) is 6.43 Å². The molecule has 0 saturated heterocycles. The zero-order valence-corrected chi connectivity index (χ0v) is 8.21. The third-order valence-electron chi connectivity index (χ3n) is 2.76. The molecule has 2 nitrogen and oxygen atoms in total. The molecule has 2 rings (SSSR count). The smallest absolute Gasteiger partial charge is 0.211 e. The highest BCUT2D eigenvalue weighted by molar-refractivity contribution is 5.42. The number of halogens is 3. The first-order chi connectivity index (χ1) is 7.59. The van der Waals surface area contributed by atoms with Gasteiger partial charge < -0.3 is 0 Å². The highest BCUT2D eigenvalue weighted by atomic mass is 19.3. The van der Waals surface area contributed by atoms with Gasteiger partial charge in [-0.1, -0.05) is 12.1 Å². The van der Waals surface area contributed by atoms with Crippen LogP contribution in [0.15, 0.2) is 23.2 Å². The maximum Gasteiger partial charge on any atom is 0.266 e. The number of alkyl halides is 2. The fraction of sp³-hybridized carbons (Fsp3) is 0.364. The van der Waals surface area contributed by atoms with Gasteiger partial charge in [-0.2, -0.15) is 4.99 Å². The van der Waals surface area contributed by atoms with Crippen LogP contribution in [0.25, 0.3) is 0 Å². The number of hydrogen-bond donors (Lipinski definition) is 0. The fourth-order valence-electron chi connectivity index (χ4n) is 1.66. The quantitative estimate of drug-likeness (QED) is 0.576. The zero-order chi connectivity index (χ0) is 11.8. The Labute approximate surface area is 89.8 Å². The second-order valence-corrected chi connectivity index (χ2v) is 3.77. The van der Waals surface area contributed by atoms with E-state index in [1.165, 1.54) is 12.1 Å². The van der Waals surface area contributed by atoms with Crippen LogP contribution >= 0.6 is 0 Å². The Hall–Kier alpha value is -1.61. The van der Waals surface area contributed by atoms with Crippen LogP contribution in [0.2, 0.25) is 0 Å². The van der Waals surface area contributed by atoms with E-state index in [9.17, 15) is 18.0 Å². The van der Waals surface area contributed by atoms with Gasteiger partial charge in [-0.25, -0.2) is 18.0 Å². The van der Waals surface area contributed by atoms with Crippen molar-refractivity contribution in [1.82, 2.24) is 0 Å². The molecular weight excluding hydrogens is 219 g/mol. The van der Waals surface area contributed by atoms with Crippen LogP contribution in [-0.2, 0) is 10.3 Å². The largest absolute Gasteiger partial charge is 0.266 e. The number of hydrogen-bond acceptors (Lipinski definition) is 2. The Kier molecular flexibility index (Phi) is 2.56. The van der Waals surface area contributed by atoms with Gasteiger partial charge in [0.05, 0.1) is 11.1 Å². The maximum atomic E-state index is 13.3. The molecule has 1 aliphatic rings. The zero-order valence-electron chi connectivity index (χ0n) is 8.21. The topological polar surface area (TPSA) is 29.4 Å². The summed E-state index contributed by atoms with van der Waals surface area (Å²) in [6.45, 7) is 0. The minimum Gasteiger partial charge on any atom is -0.211 e. The van der Waals surface area contributed by atoms with E-state index in [2.05, 4.69) is 4.99 Å². The molecule has 0 bridgehead atoms. The number of isocyanates is 1. The minimum absolute atomic E-state index is 0.456. The first kappa shape index (κ1) is 10.9. The average molecular weight is 227 g/mol. The van der Waals surface area contributed by atoms with Crippen LogP contribution in [0.1, 0.15) is 30.4 Å². The van der Waals surface area contributed by atoms with Gasteiger partial charge in [0.15, 0.2) is 0 Å². The lowest BCUT2D eigenvalue weighted by atomic mass is 10.0. The van der Waals surface area contributed by atoms with Gasteiger partial charge >= 0.3 is 0 Å². The predicted molar refractivity (Wildman–Crippen MR) is 50.4 cm³/mol. The highest BCUT2D eigenvalue weighted by Crippen LogP contribution is 2.49. The lowest BCUT2D eigenvalue weighted by molar-refractivity contribution is 0.146. The molecule has 5 heteroatoms. The molecule has 84 valence electrons. The molecular formula is C11H8F3NO. The Bertz CT molecular complexity index is 462. The molecule has 1 aliphatic carbocycles. The van der Waals surface area contributed by atoms with Crippen molar-refractivity contribution in [3.63, 3.8) is 0 Å². The maximum absolute atomic E-state index is 13.3. The summed E-state index contributed by atoms with van der Waals surface area (Å²) < 4.78 is 37.9. The molecule has 0 heterocycles. The Morgan fingerprint density at radius 1 is 1.38 bits per heavy atom. The van der Waals surface area contributed by atoms with Gasteiger partial charge in [-0.05, 0) is 24.5 Å². The minimum atomic E-state index is -2.83. The van der Waals surface area contributed by atoms with Crippen molar-refractivity contribution in [3.05, 3.63) is 35.1 Å². The van der Waals surface area contributed by atoms with Crippen LogP contribution in [0.3, 0.4) is 0 Å². The number of nitrogens with zero attached hydrogens (tertiary/aromatic N) is 1. The molecule has 1 aromatic rings. The SMILES string of the molecule is O=C=NC1(c2ccc(C(F)F)c(F)c2)CC1. The van der Waals surface area contributed by atoms with Crippen molar-refractivity contribution in [2.24, 2.45) is 4.99 Å². The van der Waals surface area contributed by atoms with Gasteiger partial charge in [-0.3, -0.25) is 0 Å². The molecule has 16 heavy (non-hydrogen) atoms. The first-order valence-electron chi connectivity index (χ1n) is 4.76. The van der Waals surface area contributed by atoms with Crippen molar-refractivity contribution in [2.75, 3.05) is 0 Å². The van der Waals surface area contributed by atoms with E-state index >= 15 is 0 Å². The van der Waals surface area contributed by atoms with Crippen LogP contribution in [0.5, 0.6) is 0 Å². The first-order valence-corrected chi connectivity index (χ1v) is 4.76. The molecule has 1 aromatic carbocycles. The number of carbonyl (C=O) groups excluding carboxylic acids is 1. The summed E-state index contributed by atoms with van der Waals surface area (Å²) in [6.07, 6.45) is -0.163. The summed E-state index contributed by atoms with van der Waals surface area (Å²) in [4.78, 5) is 13.8. The van der Waals surface area contributed by atoms with Crippen LogP contribution in [0.4, 0.5) is 13.2 Å². The van der Waals surface area contributed by atoms with Crippen molar-refractivity contribution >= 4 is 6.08 Å². The highest BCUT2D eigenvalue weighted by Gasteiger charge is 2.45. The summed E-state index contributed by atoms with van der Waals surface area (Å²) in [5.74, 6) is -0.958. The molecule has 0 amide bonds. The van der Waals surface area contributed by atoms with Crippen molar-refractivity contribution < 1.29 is 18.0 Å². The third kappa shape index (κ3) is 1.74. The number of aliphatic imine (C=N–C) groups is 1. The molecule has 1 fully saturated rings. The summed E-state index contributed by atoms with van der Waals surface area (Å²) in [5.41, 5.74) is -0.893. The molecule has 0 aliphatic heterocycles. The van der Waals surface area contributed by atoms with Gasteiger partial charge in [-0.15, -0.1) is 0 Å². The van der Waals surface area contributed by atoms with Crippen molar-refractivity contribution in [1.29, 1.82) is 0 Å². The van der Waals surface area contributed by atoms with E-state index in [1.54, 1.807) is 0 Å². The third-order valence-corrected chi connectivity index (χ3v) is 2.76. The predicted octanol–water partition coefficient (Wildman–Crippen LogP) is 3.09. The molecule has 0 N–H and O–H groups in total. The van der Waals surface area contributed by atoms with Crippen LogP contribution in [-0.4, -0.2) is 6.08 Å². The fourth-order valence-corrected chi connectivity index (χ4v) is 1.66. The van der Waals surface area contributed by atoms with E-state index in [0.717, 1.165) is 12.1 Å². The van der Waals surface area contributed by atoms with E-state index in [4.69, 9.17) is 0 Å². The summed E-state index contributed by atoms with van der Waals surface area (Å²) >= 11 is 0. The second kappa shape index (κ2) is 3.76. The molecule has 0 aromatic heterocycles. The standard InChI is InChI=1S/C11H8F3NO/c12-9-5-7(1-2-8(9)10(13)14)11(3-4-11)15-6-16/h1-2,5,10H,3-4H2. The summed E-state index contributed by atoms with van der Waals surface area (Å²) in [5, 5.41) is 0. The van der Waals surface area contributed by atoms with E-state index < -0.39 is 23.3 Å². The van der Waals surface area contributed by atoms with Crippen molar-refractivity contribution in [3.8, 4) is 0 Å². The average Bonchev–Trinajstić information content (AvgIpc) is 2.99. The normalized spacial score (nSPS) is 17.0. The molecule has 0 unspecified atom stereocenters. The monoisotopic (exact) mass is 227 g/mol. The molecule has 1 saturated carbocycles. The Morgan fingerprint density at radius 2 is 2.06 bits per heavy atom. The molecule has 0 spiro atoms. The summed E-state index contributed by atoms with van der Waals surface area (Å²) in [7, 11) is 0. The Morgan fingerprint density at radius 3 is 2.50 bits per heavy atom. The van der Waals surface area contributed by atoms with Crippen molar-refractivity contribution in [2.45, 2.75) is 24.8 Å². The molecule has 0 radical (unpaired) electrons. The Balaban J connectivity index is 2.39. The van der Waals surface area contributed by atoms with E-state index in [-0.39, 0.29) is 0 Å². The van der Waals surface area contributed by atoms with Gasteiger partial charge in [0.1, 0.15) is 5.82 Å². The number of rotatable bonds is 3. The van der Waals surface area contributed by atoms with Gasteiger partial charge in [0, 0.05) is 0 Å². The second-order valence-electron chi connectivity index (χ2n) is 3.77. The lowest BCUT2D eigenvalue weighted by Crippen LogP contribution is -2.04. The van der Waals surface area contributed by atoms with Crippen LogP contribution in [0, 0.1) is 5.82 Å².